The first-order chi connectivity index (χ1) is 14.2. The third-order valence-corrected chi connectivity index (χ3v) is 4.38. The summed E-state index contributed by atoms with van der Waals surface area (Å²) >= 11 is 0. The van der Waals surface area contributed by atoms with Gasteiger partial charge in [-0.1, -0.05) is 58.4 Å². The van der Waals surface area contributed by atoms with Gasteiger partial charge in [0.05, 0.1) is 26.1 Å². The number of unbranched alkanes of at least 4 members (excludes halogenated alkanes) is 9. The van der Waals surface area contributed by atoms with Crippen molar-refractivity contribution in [2.75, 3.05) is 32.9 Å². The van der Waals surface area contributed by atoms with Crippen LogP contribution in [0.5, 0.6) is 0 Å². The topological polar surface area (TPSA) is 85.9 Å². The lowest BCUT2D eigenvalue weighted by atomic mass is 10.1. The van der Waals surface area contributed by atoms with Crippen LogP contribution in [-0.2, 0) is 14.2 Å². The van der Waals surface area contributed by atoms with Crippen molar-refractivity contribution in [2.24, 2.45) is 0 Å². The molecule has 7 nitrogen and oxygen atoms in total. The van der Waals surface area contributed by atoms with Crippen LogP contribution in [-0.4, -0.2) is 45.1 Å². The Balaban J connectivity index is 3.26. The first-order valence-electron chi connectivity index (χ1n) is 11.2. The predicted molar refractivity (Wildman–Crippen MR) is 116 cm³/mol. The lowest BCUT2D eigenvalue weighted by Gasteiger charge is -2.08. The molecule has 0 aromatic rings. The van der Waals surface area contributed by atoms with Crippen LogP contribution in [0.15, 0.2) is 12.8 Å². The van der Waals surface area contributed by atoms with E-state index in [-0.39, 0.29) is 12.2 Å². The van der Waals surface area contributed by atoms with Crippen LogP contribution < -0.4 is 10.6 Å². The fourth-order valence-corrected chi connectivity index (χ4v) is 2.67. The van der Waals surface area contributed by atoms with Crippen LogP contribution in [0.3, 0.4) is 0 Å². The summed E-state index contributed by atoms with van der Waals surface area (Å²) in [4.78, 5) is 23.0. The number of carbonyl (C=O) groups excluding carboxylic acids is 2. The van der Waals surface area contributed by atoms with Gasteiger partial charge in [0.25, 0.3) is 0 Å². The number of hydrogen-bond donors (Lipinski definition) is 2. The summed E-state index contributed by atoms with van der Waals surface area (Å²) in [6.45, 7) is 8.39. The molecule has 0 aromatic heterocycles. The van der Waals surface area contributed by atoms with Crippen LogP contribution in [0, 0.1) is 0 Å². The van der Waals surface area contributed by atoms with Crippen LogP contribution in [0.4, 0.5) is 9.59 Å². The first kappa shape index (κ1) is 27.1. The van der Waals surface area contributed by atoms with E-state index in [0.29, 0.717) is 32.9 Å². The van der Waals surface area contributed by atoms with E-state index in [2.05, 4.69) is 24.1 Å². The summed E-state index contributed by atoms with van der Waals surface area (Å²) in [6, 6.07) is 0. The highest BCUT2D eigenvalue weighted by atomic mass is 16.6. The fraction of sp³-hybridized carbons (Fsp3) is 0.818. The van der Waals surface area contributed by atoms with Crippen LogP contribution in [0.2, 0.25) is 0 Å². The lowest BCUT2D eigenvalue weighted by Crippen LogP contribution is -2.26. The van der Waals surface area contributed by atoms with E-state index in [1.165, 1.54) is 31.9 Å². The molecule has 0 aliphatic rings. The monoisotopic (exact) mass is 414 g/mol. The maximum absolute atomic E-state index is 11.5. The van der Waals surface area contributed by atoms with Gasteiger partial charge in [0.2, 0.25) is 0 Å². The summed E-state index contributed by atoms with van der Waals surface area (Å²) in [5, 5.41) is 5.52. The summed E-state index contributed by atoms with van der Waals surface area (Å²) < 4.78 is 15.2. The highest BCUT2D eigenvalue weighted by Crippen LogP contribution is 2.05. The Kier molecular flexibility index (Phi) is 20.9. The number of hydrogen-bond acceptors (Lipinski definition) is 5. The van der Waals surface area contributed by atoms with E-state index in [4.69, 9.17) is 14.2 Å². The Morgan fingerprint density at radius 1 is 0.690 bits per heavy atom. The number of amides is 2. The van der Waals surface area contributed by atoms with E-state index >= 15 is 0 Å². The average Bonchev–Trinajstić information content (AvgIpc) is 2.71. The largest absolute Gasteiger partial charge is 0.502 e. The predicted octanol–water partition coefficient (Wildman–Crippen LogP) is 5.30. The van der Waals surface area contributed by atoms with Crippen molar-refractivity contribution in [1.82, 2.24) is 10.6 Å². The summed E-state index contributed by atoms with van der Waals surface area (Å²) in [6.07, 6.45) is 13.2. The Hall–Kier alpha value is -1.92. The molecule has 0 saturated carbocycles. The molecule has 0 aliphatic heterocycles. The molecule has 170 valence electrons. The highest BCUT2D eigenvalue weighted by molar-refractivity contribution is 5.67. The normalized spacial score (nSPS) is 10.2. The molecular formula is C22H42N2O5. The molecule has 0 bridgehead atoms. The van der Waals surface area contributed by atoms with Crippen molar-refractivity contribution >= 4 is 12.2 Å². The maximum Gasteiger partial charge on any atom is 0.407 e. The van der Waals surface area contributed by atoms with Gasteiger partial charge >= 0.3 is 12.2 Å². The minimum atomic E-state index is -0.371. The molecule has 2 amide bonds. The minimum Gasteiger partial charge on any atom is -0.502 e. The van der Waals surface area contributed by atoms with Gasteiger partial charge in [-0.3, -0.25) is 0 Å². The Labute approximate surface area is 176 Å². The second kappa shape index (κ2) is 22.4. The van der Waals surface area contributed by atoms with Gasteiger partial charge in [0.1, 0.15) is 0 Å². The van der Waals surface area contributed by atoms with Gasteiger partial charge in [-0.05, 0) is 32.1 Å². The van der Waals surface area contributed by atoms with E-state index in [1.807, 2.05) is 0 Å². The molecule has 0 radical (unpaired) electrons. The van der Waals surface area contributed by atoms with Crippen LogP contribution in [0.25, 0.3) is 0 Å². The molecule has 0 aromatic carbocycles. The number of ether oxygens (including phenoxy) is 3. The zero-order chi connectivity index (χ0) is 21.4. The second-order valence-electron chi connectivity index (χ2n) is 7.05. The van der Waals surface area contributed by atoms with E-state index in [9.17, 15) is 9.59 Å². The molecule has 7 heteroatoms. The minimum absolute atomic E-state index is 0.320. The van der Waals surface area contributed by atoms with Gasteiger partial charge in [-0.15, -0.1) is 0 Å². The third kappa shape index (κ3) is 22.2. The van der Waals surface area contributed by atoms with Crippen molar-refractivity contribution < 1.29 is 23.8 Å². The quantitative estimate of drug-likeness (QED) is 0.208. The average molecular weight is 415 g/mol. The SMILES string of the molecule is C=COCCCCOC(=O)NCCCCCCNC(=O)OCCCCCCCC. The highest BCUT2D eigenvalue weighted by Gasteiger charge is 2.02. The Bertz CT molecular complexity index is 405. The molecule has 0 aliphatic carbocycles. The van der Waals surface area contributed by atoms with Gasteiger partial charge in [-0.2, -0.15) is 0 Å². The van der Waals surface area contributed by atoms with Crippen molar-refractivity contribution in [3.8, 4) is 0 Å². The summed E-state index contributed by atoms with van der Waals surface area (Å²) in [5.41, 5.74) is 0. The van der Waals surface area contributed by atoms with Gasteiger partial charge in [-0.25, -0.2) is 9.59 Å². The van der Waals surface area contributed by atoms with Gasteiger partial charge in [0.15, 0.2) is 0 Å². The Morgan fingerprint density at radius 2 is 1.14 bits per heavy atom. The lowest BCUT2D eigenvalue weighted by molar-refractivity contribution is 0.139. The molecule has 0 spiro atoms. The third-order valence-electron chi connectivity index (χ3n) is 4.38. The zero-order valence-electron chi connectivity index (χ0n) is 18.3. The van der Waals surface area contributed by atoms with Gasteiger partial charge in [0, 0.05) is 13.1 Å². The number of nitrogens with one attached hydrogen (secondary N) is 2. The van der Waals surface area contributed by atoms with Crippen molar-refractivity contribution in [1.29, 1.82) is 0 Å². The Morgan fingerprint density at radius 3 is 1.69 bits per heavy atom. The van der Waals surface area contributed by atoms with Crippen LogP contribution in [0.1, 0.15) is 84.0 Å². The molecule has 0 saturated heterocycles. The first-order valence-corrected chi connectivity index (χ1v) is 11.2. The van der Waals surface area contributed by atoms with Crippen molar-refractivity contribution in [3.05, 3.63) is 12.8 Å². The molecule has 0 rings (SSSR count). The van der Waals surface area contributed by atoms with E-state index in [0.717, 1.165) is 51.4 Å². The number of rotatable bonds is 20. The fourth-order valence-electron chi connectivity index (χ4n) is 2.67. The smallest absolute Gasteiger partial charge is 0.407 e. The summed E-state index contributed by atoms with van der Waals surface area (Å²) in [5.74, 6) is 0. The van der Waals surface area contributed by atoms with Crippen LogP contribution >= 0.6 is 0 Å². The summed E-state index contributed by atoms with van der Waals surface area (Å²) in [7, 11) is 0. The molecule has 2 N–H and O–H groups in total. The van der Waals surface area contributed by atoms with E-state index in [1.54, 1.807) is 0 Å². The molecule has 0 atom stereocenters. The number of carbonyl (C=O) groups is 2. The maximum atomic E-state index is 11.5. The van der Waals surface area contributed by atoms with Crippen molar-refractivity contribution in [2.45, 2.75) is 84.0 Å². The second-order valence-corrected chi connectivity index (χ2v) is 7.05. The standard InChI is InChI=1S/C22H42N2O5/c1-3-5-6-7-10-13-19-28-21(25)23-16-11-8-9-12-17-24-22(26)29-20-15-14-18-27-4-2/h4H,2-3,5-20H2,1H3,(H,23,25)(H,24,26). The molecular weight excluding hydrogens is 372 g/mol. The zero-order valence-corrected chi connectivity index (χ0v) is 18.3. The molecule has 0 fully saturated rings. The van der Waals surface area contributed by atoms with Gasteiger partial charge < -0.3 is 24.8 Å². The van der Waals surface area contributed by atoms with E-state index < -0.39 is 0 Å². The molecule has 0 unspecified atom stereocenters. The molecule has 0 heterocycles. The molecule has 29 heavy (non-hydrogen) atoms. The van der Waals surface area contributed by atoms with Crippen molar-refractivity contribution in [3.63, 3.8) is 0 Å². The number of alkyl carbamates (subject to hydrolysis) is 2.